The van der Waals surface area contributed by atoms with Crippen molar-refractivity contribution in [2.75, 3.05) is 13.1 Å². The lowest BCUT2D eigenvalue weighted by atomic mass is 10.1. The standard InChI is InChI=1S/C15H23N3O5S/c1-5-17(10-14(19)16-15(2,3)4)24(22,23)11-12-6-8-13(9-7-12)18(20)21/h6-9H,5,10-11H2,1-4H3,(H,16,19). The van der Waals surface area contributed by atoms with Crippen LogP contribution in [0.15, 0.2) is 24.3 Å². The first-order valence-corrected chi connectivity index (χ1v) is 9.07. The fourth-order valence-electron chi connectivity index (χ4n) is 2.04. The molecule has 0 spiro atoms. The van der Waals surface area contributed by atoms with Gasteiger partial charge in [0.25, 0.3) is 5.69 Å². The Balaban J connectivity index is 2.83. The van der Waals surface area contributed by atoms with E-state index >= 15 is 0 Å². The molecule has 0 aromatic heterocycles. The summed E-state index contributed by atoms with van der Waals surface area (Å²) in [6.07, 6.45) is 0. The quantitative estimate of drug-likeness (QED) is 0.589. The second-order valence-electron chi connectivity index (χ2n) is 6.40. The van der Waals surface area contributed by atoms with E-state index in [1.54, 1.807) is 6.92 Å². The van der Waals surface area contributed by atoms with Crippen LogP contribution < -0.4 is 5.32 Å². The molecule has 0 atom stereocenters. The van der Waals surface area contributed by atoms with E-state index in [0.29, 0.717) is 5.56 Å². The van der Waals surface area contributed by atoms with E-state index in [2.05, 4.69) is 5.32 Å². The number of nitrogens with one attached hydrogen (secondary N) is 1. The third-order valence-corrected chi connectivity index (χ3v) is 4.95. The molecule has 0 heterocycles. The minimum absolute atomic E-state index is 0.104. The number of rotatable bonds is 7. The molecule has 0 saturated carbocycles. The van der Waals surface area contributed by atoms with Crippen LogP contribution in [0.2, 0.25) is 0 Å². The second kappa shape index (κ2) is 7.71. The van der Waals surface area contributed by atoms with Crippen molar-refractivity contribution in [3.8, 4) is 0 Å². The number of nitro benzene ring substituents is 1. The van der Waals surface area contributed by atoms with Crippen LogP contribution in [-0.2, 0) is 20.6 Å². The van der Waals surface area contributed by atoms with Crippen LogP contribution in [0.3, 0.4) is 0 Å². The zero-order valence-electron chi connectivity index (χ0n) is 14.3. The Bertz CT molecular complexity index is 693. The Hall–Kier alpha value is -2.00. The lowest BCUT2D eigenvalue weighted by molar-refractivity contribution is -0.384. The number of likely N-dealkylation sites (N-methyl/N-ethyl adjacent to an activating group) is 1. The van der Waals surface area contributed by atoms with Crippen LogP contribution in [-0.4, -0.2) is 42.2 Å². The lowest BCUT2D eigenvalue weighted by Gasteiger charge is -2.24. The van der Waals surface area contributed by atoms with Gasteiger partial charge in [0.2, 0.25) is 15.9 Å². The normalized spacial score (nSPS) is 12.2. The number of benzene rings is 1. The smallest absolute Gasteiger partial charge is 0.269 e. The monoisotopic (exact) mass is 357 g/mol. The predicted molar refractivity (Wildman–Crippen MR) is 90.9 cm³/mol. The van der Waals surface area contributed by atoms with Crippen molar-refractivity contribution in [3.63, 3.8) is 0 Å². The number of sulfonamides is 1. The number of hydrogen-bond donors (Lipinski definition) is 1. The summed E-state index contributed by atoms with van der Waals surface area (Å²) < 4.78 is 26.0. The summed E-state index contributed by atoms with van der Waals surface area (Å²) >= 11 is 0. The molecule has 0 fully saturated rings. The van der Waals surface area contributed by atoms with Gasteiger partial charge in [-0.15, -0.1) is 0 Å². The van der Waals surface area contributed by atoms with Crippen LogP contribution >= 0.6 is 0 Å². The maximum Gasteiger partial charge on any atom is 0.269 e. The topological polar surface area (TPSA) is 110 Å². The third kappa shape index (κ3) is 6.25. The molecule has 0 aliphatic heterocycles. The number of nitro groups is 1. The Kier molecular flexibility index (Phi) is 6.44. The maximum atomic E-state index is 12.5. The van der Waals surface area contributed by atoms with Gasteiger partial charge in [-0.2, -0.15) is 4.31 Å². The fraction of sp³-hybridized carbons (Fsp3) is 0.533. The highest BCUT2D eigenvalue weighted by atomic mass is 32.2. The summed E-state index contributed by atoms with van der Waals surface area (Å²) in [7, 11) is -3.71. The Morgan fingerprint density at radius 1 is 1.25 bits per heavy atom. The van der Waals surface area contributed by atoms with Gasteiger partial charge in [-0.1, -0.05) is 19.1 Å². The molecular weight excluding hydrogens is 334 g/mol. The van der Waals surface area contributed by atoms with Crippen molar-refractivity contribution in [3.05, 3.63) is 39.9 Å². The summed E-state index contributed by atoms with van der Waals surface area (Å²) in [5, 5.41) is 13.3. The first-order chi connectivity index (χ1) is 10.9. The van der Waals surface area contributed by atoms with Gasteiger partial charge >= 0.3 is 0 Å². The van der Waals surface area contributed by atoms with Crippen LogP contribution in [0.4, 0.5) is 5.69 Å². The molecule has 1 aromatic rings. The number of hydrogen-bond acceptors (Lipinski definition) is 5. The maximum absolute atomic E-state index is 12.5. The molecule has 1 amide bonds. The molecular formula is C15H23N3O5S. The molecule has 9 heteroatoms. The molecule has 1 N–H and O–H groups in total. The number of carbonyl (C=O) groups excluding carboxylic acids is 1. The Labute approximate surface area is 142 Å². The van der Waals surface area contributed by atoms with E-state index in [1.165, 1.54) is 24.3 Å². The van der Waals surface area contributed by atoms with Gasteiger partial charge in [0.1, 0.15) is 0 Å². The Morgan fingerprint density at radius 2 is 1.79 bits per heavy atom. The Morgan fingerprint density at radius 3 is 2.21 bits per heavy atom. The molecule has 1 aromatic carbocycles. The van der Waals surface area contributed by atoms with Crippen molar-refractivity contribution < 1.29 is 18.1 Å². The van der Waals surface area contributed by atoms with Crippen LogP contribution in [0, 0.1) is 10.1 Å². The van der Waals surface area contributed by atoms with Crippen LogP contribution in [0.5, 0.6) is 0 Å². The highest BCUT2D eigenvalue weighted by Gasteiger charge is 2.25. The van der Waals surface area contributed by atoms with Crippen LogP contribution in [0.1, 0.15) is 33.3 Å². The van der Waals surface area contributed by atoms with Gasteiger partial charge < -0.3 is 5.32 Å². The van der Waals surface area contributed by atoms with Gasteiger partial charge in [-0.3, -0.25) is 14.9 Å². The highest BCUT2D eigenvalue weighted by molar-refractivity contribution is 7.88. The molecule has 0 bridgehead atoms. The van der Waals surface area contributed by atoms with Gasteiger partial charge in [0.05, 0.1) is 17.2 Å². The molecule has 0 unspecified atom stereocenters. The van der Waals surface area contributed by atoms with Crippen molar-refractivity contribution in [2.24, 2.45) is 0 Å². The van der Waals surface area contributed by atoms with Crippen molar-refractivity contribution in [1.29, 1.82) is 0 Å². The average Bonchev–Trinajstić information content (AvgIpc) is 2.42. The van der Waals surface area contributed by atoms with Gasteiger partial charge in [0, 0.05) is 24.2 Å². The molecule has 0 radical (unpaired) electrons. The van der Waals surface area contributed by atoms with E-state index in [0.717, 1.165) is 4.31 Å². The molecule has 0 aliphatic rings. The van der Waals surface area contributed by atoms with Crippen LogP contribution in [0.25, 0.3) is 0 Å². The number of amides is 1. The molecule has 0 aliphatic carbocycles. The number of carbonyl (C=O) groups is 1. The van der Waals surface area contributed by atoms with Gasteiger partial charge in [-0.05, 0) is 26.3 Å². The van der Waals surface area contributed by atoms with Crippen molar-refractivity contribution in [2.45, 2.75) is 39.0 Å². The number of nitrogens with zero attached hydrogens (tertiary/aromatic N) is 2. The van der Waals surface area contributed by atoms with E-state index in [-0.39, 0.29) is 30.4 Å². The summed E-state index contributed by atoms with van der Waals surface area (Å²) in [6.45, 7) is 6.99. The molecule has 1 rings (SSSR count). The average molecular weight is 357 g/mol. The van der Waals surface area contributed by atoms with E-state index in [1.807, 2.05) is 20.8 Å². The zero-order valence-corrected chi connectivity index (χ0v) is 15.1. The summed E-state index contributed by atoms with van der Waals surface area (Å²) in [5.74, 6) is -0.696. The second-order valence-corrected chi connectivity index (χ2v) is 8.37. The van der Waals surface area contributed by atoms with Gasteiger partial charge in [0.15, 0.2) is 0 Å². The molecule has 134 valence electrons. The first-order valence-electron chi connectivity index (χ1n) is 7.47. The predicted octanol–water partition coefficient (Wildman–Crippen LogP) is 1.66. The minimum Gasteiger partial charge on any atom is -0.350 e. The largest absolute Gasteiger partial charge is 0.350 e. The third-order valence-electron chi connectivity index (χ3n) is 3.08. The first kappa shape index (κ1) is 20.0. The van der Waals surface area contributed by atoms with Gasteiger partial charge in [-0.25, -0.2) is 8.42 Å². The van der Waals surface area contributed by atoms with E-state index in [4.69, 9.17) is 0 Å². The summed E-state index contributed by atoms with van der Waals surface area (Å²) in [6, 6.07) is 5.32. The molecule has 8 nitrogen and oxygen atoms in total. The minimum atomic E-state index is -3.71. The van der Waals surface area contributed by atoms with E-state index < -0.39 is 20.5 Å². The van der Waals surface area contributed by atoms with Crippen molar-refractivity contribution in [1.82, 2.24) is 9.62 Å². The molecule has 24 heavy (non-hydrogen) atoms. The summed E-state index contributed by atoms with van der Waals surface area (Å²) in [5.41, 5.74) is -0.123. The van der Waals surface area contributed by atoms with Crippen molar-refractivity contribution >= 4 is 21.6 Å². The van der Waals surface area contributed by atoms with E-state index in [9.17, 15) is 23.3 Å². The fourth-order valence-corrected chi connectivity index (χ4v) is 3.54. The molecule has 0 saturated heterocycles. The highest BCUT2D eigenvalue weighted by Crippen LogP contribution is 2.16. The SMILES string of the molecule is CCN(CC(=O)NC(C)(C)C)S(=O)(=O)Cc1ccc([N+](=O)[O-])cc1. The zero-order chi connectivity index (χ0) is 18.5. The summed E-state index contributed by atoms with van der Waals surface area (Å²) in [4.78, 5) is 22.0. The number of non-ortho nitro benzene ring substituents is 1. The lowest BCUT2D eigenvalue weighted by Crippen LogP contribution is -2.47.